The standard InChI is InChI=1S/C12H11BrN2O2S/c1-7(8-2-4-9(13)5-3-8)14-12-15-10(6-18-12)11(16)17/h2-7H,1H3,(H,14,15)(H,16,17). The Morgan fingerprint density at radius 3 is 2.67 bits per heavy atom. The van der Waals surface area contributed by atoms with Gasteiger partial charge in [0.1, 0.15) is 0 Å². The normalized spacial score (nSPS) is 12.1. The van der Waals surface area contributed by atoms with Crippen LogP contribution in [0.3, 0.4) is 0 Å². The van der Waals surface area contributed by atoms with Gasteiger partial charge in [-0.15, -0.1) is 11.3 Å². The highest BCUT2D eigenvalue weighted by Crippen LogP contribution is 2.23. The van der Waals surface area contributed by atoms with E-state index in [9.17, 15) is 4.79 Å². The first kappa shape index (κ1) is 13.0. The number of carboxylic acid groups (broad SMARTS) is 1. The van der Waals surface area contributed by atoms with Crippen LogP contribution in [-0.4, -0.2) is 16.1 Å². The second-order valence-corrected chi connectivity index (χ2v) is 5.53. The molecule has 1 aromatic heterocycles. The molecule has 0 bridgehead atoms. The molecule has 94 valence electrons. The van der Waals surface area contributed by atoms with E-state index in [4.69, 9.17) is 5.11 Å². The van der Waals surface area contributed by atoms with Crippen LogP contribution < -0.4 is 5.32 Å². The number of aromatic carboxylic acids is 1. The first-order valence-corrected chi connectivity index (χ1v) is 6.94. The van der Waals surface area contributed by atoms with Crippen molar-refractivity contribution < 1.29 is 9.90 Å². The topological polar surface area (TPSA) is 62.2 Å². The highest BCUT2D eigenvalue weighted by Gasteiger charge is 2.11. The van der Waals surface area contributed by atoms with Crippen LogP contribution in [0.25, 0.3) is 0 Å². The Morgan fingerprint density at radius 2 is 2.11 bits per heavy atom. The molecule has 2 aromatic rings. The van der Waals surface area contributed by atoms with E-state index in [-0.39, 0.29) is 11.7 Å². The van der Waals surface area contributed by atoms with E-state index in [2.05, 4.69) is 26.2 Å². The van der Waals surface area contributed by atoms with E-state index < -0.39 is 5.97 Å². The number of nitrogens with one attached hydrogen (secondary N) is 1. The third-order valence-electron chi connectivity index (χ3n) is 2.43. The van der Waals surface area contributed by atoms with E-state index in [1.165, 1.54) is 16.7 Å². The average Bonchev–Trinajstić information content (AvgIpc) is 2.78. The van der Waals surface area contributed by atoms with E-state index in [1.54, 1.807) is 0 Å². The fourth-order valence-corrected chi connectivity index (χ4v) is 2.50. The molecule has 0 radical (unpaired) electrons. The summed E-state index contributed by atoms with van der Waals surface area (Å²) in [5.41, 5.74) is 1.19. The number of halogens is 1. The quantitative estimate of drug-likeness (QED) is 0.897. The monoisotopic (exact) mass is 326 g/mol. The van der Waals surface area contributed by atoms with Gasteiger partial charge in [-0.2, -0.15) is 0 Å². The zero-order chi connectivity index (χ0) is 13.1. The van der Waals surface area contributed by atoms with E-state index in [1.807, 2.05) is 31.2 Å². The Hall–Kier alpha value is -1.40. The molecular formula is C12H11BrN2O2S. The van der Waals surface area contributed by atoms with Crippen LogP contribution >= 0.6 is 27.3 Å². The van der Waals surface area contributed by atoms with Crippen molar-refractivity contribution in [1.82, 2.24) is 4.98 Å². The molecule has 1 unspecified atom stereocenters. The Balaban J connectivity index is 2.08. The summed E-state index contributed by atoms with van der Waals surface area (Å²) in [5.74, 6) is -1.00. The lowest BCUT2D eigenvalue weighted by Crippen LogP contribution is -2.06. The van der Waals surface area contributed by atoms with Crippen LogP contribution in [0.5, 0.6) is 0 Å². The molecule has 0 fully saturated rings. The first-order valence-electron chi connectivity index (χ1n) is 5.27. The van der Waals surface area contributed by atoms with Crippen molar-refractivity contribution in [3.8, 4) is 0 Å². The smallest absolute Gasteiger partial charge is 0.355 e. The molecule has 0 saturated carbocycles. The molecule has 0 aliphatic carbocycles. The molecule has 4 nitrogen and oxygen atoms in total. The van der Waals surface area contributed by atoms with Gasteiger partial charge in [-0.25, -0.2) is 9.78 Å². The summed E-state index contributed by atoms with van der Waals surface area (Å²) in [6, 6.07) is 8.03. The molecule has 1 heterocycles. The molecule has 1 atom stereocenters. The highest BCUT2D eigenvalue weighted by atomic mass is 79.9. The van der Waals surface area contributed by atoms with Gasteiger partial charge in [0, 0.05) is 9.85 Å². The molecule has 2 N–H and O–H groups in total. The van der Waals surface area contributed by atoms with E-state index in [0.717, 1.165) is 10.0 Å². The summed E-state index contributed by atoms with van der Waals surface area (Å²) in [5, 5.41) is 14.1. The van der Waals surface area contributed by atoms with Crippen LogP contribution in [-0.2, 0) is 0 Å². The summed E-state index contributed by atoms with van der Waals surface area (Å²) in [6.45, 7) is 2.01. The van der Waals surface area contributed by atoms with Crippen molar-refractivity contribution in [3.63, 3.8) is 0 Å². The van der Waals surface area contributed by atoms with Crippen LogP contribution in [0.1, 0.15) is 29.0 Å². The lowest BCUT2D eigenvalue weighted by molar-refractivity contribution is 0.0691. The number of rotatable bonds is 4. The summed E-state index contributed by atoms with van der Waals surface area (Å²) in [4.78, 5) is 14.7. The van der Waals surface area contributed by atoms with Gasteiger partial charge in [0.15, 0.2) is 10.8 Å². The van der Waals surface area contributed by atoms with Gasteiger partial charge >= 0.3 is 5.97 Å². The fraction of sp³-hybridized carbons (Fsp3) is 0.167. The molecule has 6 heteroatoms. The Labute approximate surface area is 117 Å². The third kappa shape index (κ3) is 3.08. The predicted octanol–water partition coefficient (Wildman–Crippen LogP) is 3.78. The number of anilines is 1. The minimum atomic E-state index is -1.00. The van der Waals surface area contributed by atoms with Crippen molar-refractivity contribution in [2.75, 3.05) is 5.32 Å². The van der Waals surface area contributed by atoms with Crippen LogP contribution in [0.4, 0.5) is 5.13 Å². The number of benzene rings is 1. The molecule has 0 saturated heterocycles. The Morgan fingerprint density at radius 1 is 1.44 bits per heavy atom. The number of nitrogens with zero attached hydrogens (tertiary/aromatic N) is 1. The second-order valence-electron chi connectivity index (χ2n) is 3.76. The largest absolute Gasteiger partial charge is 0.476 e. The number of carboxylic acids is 1. The number of carbonyl (C=O) groups is 1. The lowest BCUT2D eigenvalue weighted by Gasteiger charge is -2.13. The van der Waals surface area contributed by atoms with Crippen molar-refractivity contribution in [2.45, 2.75) is 13.0 Å². The number of aromatic nitrogens is 1. The van der Waals surface area contributed by atoms with Crippen molar-refractivity contribution >= 4 is 38.4 Å². The lowest BCUT2D eigenvalue weighted by atomic mass is 10.1. The summed E-state index contributed by atoms with van der Waals surface area (Å²) < 4.78 is 1.03. The molecular weight excluding hydrogens is 316 g/mol. The first-order chi connectivity index (χ1) is 8.56. The fourth-order valence-electron chi connectivity index (χ4n) is 1.46. The average molecular weight is 327 g/mol. The molecule has 0 amide bonds. The molecule has 1 aromatic carbocycles. The molecule has 2 rings (SSSR count). The molecule has 18 heavy (non-hydrogen) atoms. The Kier molecular flexibility index (Phi) is 3.98. The van der Waals surface area contributed by atoms with Crippen LogP contribution in [0.2, 0.25) is 0 Å². The van der Waals surface area contributed by atoms with Crippen molar-refractivity contribution in [3.05, 3.63) is 45.4 Å². The van der Waals surface area contributed by atoms with Gasteiger partial charge in [-0.1, -0.05) is 28.1 Å². The number of hydrogen-bond donors (Lipinski definition) is 2. The highest BCUT2D eigenvalue weighted by molar-refractivity contribution is 9.10. The van der Waals surface area contributed by atoms with Crippen LogP contribution in [0.15, 0.2) is 34.1 Å². The molecule has 0 aliphatic heterocycles. The number of hydrogen-bond acceptors (Lipinski definition) is 4. The minimum Gasteiger partial charge on any atom is -0.476 e. The summed E-state index contributed by atoms with van der Waals surface area (Å²) in [7, 11) is 0. The van der Waals surface area contributed by atoms with Crippen molar-refractivity contribution in [1.29, 1.82) is 0 Å². The maximum absolute atomic E-state index is 10.7. The van der Waals surface area contributed by atoms with Gasteiger partial charge < -0.3 is 10.4 Å². The number of thiazole rings is 1. The van der Waals surface area contributed by atoms with Gasteiger partial charge in [0.25, 0.3) is 0 Å². The summed E-state index contributed by atoms with van der Waals surface area (Å²) >= 11 is 4.68. The second kappa shape index (κ2) is 5.49. The zero-order valence-electron chi connectivity index (χ0n) is 9.55. The zero-order valence-corrected chi connectivity index (χ0v) is 12.0. The maximum Gasteiger partial charge on any atom is 0.355 e. The van der Waals surface area contributed by atoms with E-state index >= 15 is 0 Å². The van der Waals surface area contributed by atoms with Gasteiger partial charge in [0.2, 0.25) is 0 Å². The van der Waals surface area contributed by atoms with Gasteiger partial charge in [-0.05, 0) is 24.6 Å². The maximum atomic E-state index is 10.7. The van der Waals surface area contributed by atoms with Gasteiger partial charge in [0.05, 0.1) is 6.04 Å². The molecule has 0 aliphatic rings. The third-order valence-corrected chi connectivity index (χ3v) is 3.74. The SMILES string of the molecule is CC(Nc1nc(C(=O)O)cs1)c1ccc(Br)cc1. The van der Waals surface area contributed by atoms with Crippen LogP contribution in [0, 0.1) is 0 Å². The molecule has 0 spiro atoms. The van der Waals surface area contributed by atoms with Crippen molar-refractivity contribution in [2.24, 2.45) is 0 Å². The van der Waals surface area contributed by atoms with Gasteiger partial charge in [-0.3, -0.25) is 0 Å². The minimum absolute atomic E-state index is 0.0745. The Bertz CT molecular complexity index is 553. The van der Waals surface area contributed by atoms with E-state index in [0.29, 0.717) is 5.13 Å². The summed E-state index contributed by atoms with van der Waals surface area (Å²) in [6.07, 6.45) is 0. The predicted molar refractivity (Wildman–Crippen MR) is 75.3 cm³/mol.